The summed E-state index contributed by atoms with van der Waals surface area (Å²) in [5, 5.41) is 20.5. The SMILES string of the molecule is CCn1c(C)nnc1SCC(=O)Nc1nnc(C)s1. The van der Waals surface area contributed by atoms with Crippen LogP contribution in [0.5, 0.6) is 0 Å². The minimum Gasteiger partial charge on any atom is -0.307 e. The van der Waals surface area contributed by atoms with Crippen molar-refractivity contribution in [2.24, 2.45) is 0 Å². The molecule has 0 atom stereocenters. The van der Waals surface area contributed by atoms with E-state index in [9.17, 15) is 4.79 Å². The topological polar surface area (TPSA) is 85.6 Å². The van der Waals surface area contributed by atoms with E-state index in [1.165, 1.54) is 23.1 Å². The molecule has 1 amide bonds. The number of carbonyl (C=O) groups excluding carboxylic acids is 1. The molecule has 0 bridgehead atoms. The summed E-state index contributed by atoms with van der Waals surface area (Å²) in [6, 6.07) is 0. The number of aryl methyl sites for hydroxylation is 2. The average molecular weight is 298 g/mol. The lowest BCUT2D eigenvalue weighted by molar-refractivity contribution is -0.113. The fraction of sp³-hybridized carbons (Fsp3) is 0.500. The Balaban J connectivity index is 1.89. The van der Waals surface area contributed by atoms with E-state index >= 15 is 0 Å². The van der Waals surface area contributed by atoms with Gasteiger partial charge in [-0.2, -0.15) is 0 Å². The van der Waals surface area contributed by atoms with Crippen LogP contribution in [0.3, 0.4) is 0 Å². The molecule has 102 valence electrons. The number of anilines is 1. The van der Waals surface area contributed by atoms with Crippen LogP contribution in [0, 0.1) is 13.8 Å². The van der Waals surface area contributed by atoms with Crippen molar-refractivity contribution in [3.8, 4) is 0 Å². The molecular weight excluding hydrogens is 284 g/mol. The maximum atomic E-state index is 11.8. The molecule has 0 unspecified atom stereocenters. The number of nitrogens with zero attached hydrogens (tertiary/aromatic N) is 5. The highest BCUT2D eigenvalue weighted by Crippen LogP contribution is 2.18. The van der Waals surface area contributed by atoms with Crippen LogP contribution in [0.25, 0.3) is 0 Å². The van der Waals surface area contributed by atoms with Crippen molar-refractivity contribution in [1.82, 2.24) is 25.0 Å². The van der Waals surface area contributed by atoms with Gasteiger partial charge in [-0.15, -0.1) is 20.4 Å². The summed E-state index contributed by atoms with van der Waals surface area (Å²) < 4.78 is 1.97. The summed E-state index contributed by atoms with van der Waals surface area (Å²) in [4.78, 5) is 11.8. The minimum atomic E-state index is -0.121. The van der Waals surface area contributed by atoms with Crippen LogP contribution < -0.4 is 5.32 Å². The Bertz CT molecular complexity index is 578. The number of rotatable bonds is 5. The fourth-order valence-electron chi connectivity index (χ4n) is 1.46. The lowest BCUT2D eigenvalue weighted by Gasteiger charge is -2.04. The lowest BCUT2D eigenvalue weighted by atomic mass is 10.6. The van der Waals surface area contributed by atoms with E-state index in [-0.39, 0.29) is 11.7 Å². The Labute approximate surface area is 118 Å². The first-order valence-corrected chi connectivity index (χ1v) is 7.53. The van der Waals surface area contributed by atoms with Crippen LogP contribution in [0.4, 0.5) is 5.13 Å². The predicted octanol–water partition coefficient (Wildman–Crippen LogP) is 1.50. The summed E-state index contributed by atoms with van der Waals surface area (Å²) >= 11 is 2.71. The van der Waals surface area contributed by atoms with Gasteiger partial charge in [0.1, 0.15) is 10.8 Å². The van der Waals surface area contributed by atoms with Gasteiger partial charge in [-0.1, -0.05) is 23.1 Å². The molecule has 0 fully saturated rings. The van der Waals surface area contributed by atoms with Crippen molar-refractivity contribution >= 4 is 34.1 Å². The summed E-state index contributed by atoms with van der Waals surface area (Å²) in [6.07, 6.45) is 0. The Morgan fingerprint density at radius 2 is 2.11 bits per heavy atom. The highest BCUT2D eigenvalue weighted by Gasteiger charge is 2.11. The number of thioether (sulfide) groups is 1. The number of hydrogen-bond donors (Lipinski definition) is 1. The second kappa shape index (κ2) is 6.11. The van der Waals surface area contributed by atoms with Gasteiger partial charge in [0.25, 0.3) is 0 Å². The molecule has 2 heterocycles. The Morgan fingerprint density at radius 3 is 2.74 bits per heavy atom. The molecule has 1 N–H and O–H groups in total. The normalized spacial score (nSPS) is 10.7. The number of nitrogens with one attached hydrogen (secondary N) is 1. The largest absolute Gasteiger partial charge is 0.307 e. The van der Waals surface area contributed by atoms with Crippen molar-refractivity contribution in [2.45, 2.75) is 32.5 Å². The van der Waals surface area contributed by atoms with Crippen molar-refractivity contribution in [3.05, 3.63) is 10.8 Å². The van der Waals surface area contributed by atoms with Gasteiger partial charge in [0.2, 0.25) is 11.0 Å². The van der Waals surface area contributed by atoms with Gasteiger partial charge in [0.05, 0.1) is 5.75 Å². The number of aromatic nitrogens is 5. The second-order valence-corrected chi connectivity index (χ2v) is 5.86. The average Bonchev–Trinajstić information content (AvgIpc) is 2.93. The molecule has 0 aliphatic rings. The first-order chi connectivity index (χ1) is 9.10. The molecule has 0 radical (unpaired) electrons. The number of hydrogen-bond acceptors (Lipinski definition) is 7. The Kier molecular flexibility index (Phi) is 4.48. The van der Waals surface area contributed by atoms with E-state index in [2.05, 4.69) is 25.7 Å². The summed E-state index contributed by atoms with van der Waals surface area (Å²) in [5.74, 6) is 1.01. The maximum Gasteiger partial charge on any atom is 0.236 e. The van der Waals surface area contributed by atoms with E-state index in [1.54, 1.807) is 0 Å². The van der Waals surface area contributed by atoms with Crippen LogP contribution in [0.15, 0.2) is 5.16 Å². The molecule has 0 aromatic carbocycles. The molecule has 2 aromatic rings. The van der Waals surface area contributed by atoms with Crippen LogP contribution in [0.2, 0.25) is 0 Å². The monoisotopic (exact) mass is 298 g/mol. The van der Waals surface area contributed by atoms with Gasteiger partial charge < -0.3 is 4.57 Å². The molecule has 0 aliphatic carbocycles. The van der Waals surface area contributed by atoms with Gasteiger partial charge in [0.15, 0.2) is 5.16 Å². The zero-order valence-corrected chi connectivity index (χ0v) is 12.5. The molecule has 0 saturated heterocycles. The molecule has 0 saturated carbocycles. The molecule has 0 aliphatic heterocycles. The highest BCUT2D eigenvalue weighted by molar-refractivity contribution is 7.99. The molecule has 2 aromatic heterocycles. The lowest BCUT2D eigenvalue weighted by Crippen LogP contribution is -2.14. The molecular formula is C10H14N6OS2. The predicted molar refractivity (Wildman–Crippen MR) is 74.4 cm³/mol. The zero-order valence-electron chi connectivity index (χ0n) is 10.9. The van der Waals surface area contributed by atoms with E-state index in [0.717, 1.165) is 22.5 Å². The maximum absolute atomic E-state index is 11.8. The van der Waals surface area contributed by atoms with Gasteiger partial charge in [-0.25, -0.2) is 0 Å². The summed E-state index contributed by atoms with van der Waals surface area (Å²) in [5.41, 5.74) is 0. The van der Waals surface area contributed by atoms with Crippen LogP contribution in [0.1, 0.15) is 17.8 Å². The Morgan fingerprint density at radius 1 is 1.32 bits per heavy atom. The van der Waals surface area contributed by atoms with Crippen molar-refractivity contribution < 1.29 is 4.79 Å². The number of carbonyl (C=O) groups is 1. The Hall–Kier alpha value is -1.48. The van der Waals surface area contributed by atoms with Crippen LogP contribution in [-0.2, 0) is 11.3 Å². The van der Waals surface area contributed by atoms with Gasteiger partial charge in [-0.3, -0.25) is 10.1 Å². The fourth-order valence-corrected chi connectivity index (χ4v) is 2.92. The van der Waals surface area contributed by atoms with Crippen molar-refractivity contribution in [2.75, 3.05) is 11.1 Å². The van der Waals surface area contributed by atoms with Gasteiger partial charge in [0, 0.05) is 6.54 Å². The minimum absolute atomic E-state index is 0.121. The standard InChI is InChI=1S/C10H14N6OS2/c1-4-16-6(2)12-15-10(16)18-5-8(17)11-9-14-13-7(3)19-9/h4-5H2,1-3H3,(H,11,14,17). The molecule has 19 heavy (non-hydrogen) atoms. The smallest absolute Gasteiger partial charge is 0.236 e. The first-order valence-electron chi connectivity index (χ1n) is 5.72. The van der Waals surface area contributed by atoms with E-state index < -0.39 is 0 Å². The third kappa shape index (κ3) is 3.51. The summed E-state index contributed by atoms with van der Waals surface area (Å²) in [6.45, 7) is 6.54. The van der Waals surface area contributed by atoms with E-state index in [4.69, 9.17) is 0 Å². The van der Waals surface area contributed by atoms with Crippen LogP contribution in [-0.4, -0.2) is 36.6 Å². The van der Waals surface area contributed by atoms with E-state index in [1.807, 2.05) is 25.3 Å². The van der Waals surface area contributed by atoms with Gasteiger partial charge >= 0.3 is 0 Å². The second-order valence-electron chi connectivity index (χ2n) is 3.74. The van der Waals surface area contributed by atoms with Gasteiger partial charge in [-0.05, 0) is 20.8 Å². The molecule has 7 nitrogen and oxygen atoms in total. The number of amides is 1. The molecule has 9 heteroatoms. The first kappa shape index (κ1) is 13.9. The molecule has 0 spiro atoms. The van der Waals surface area contributed by atoms with Crippen molar-refractivity contribution in [3.63, 3.8) is 0 Å². The third-order valence-corrected chi connectivity index (χ3v) is 4.04. The van der Waals surface area contributed by atoms with Crippen LogP contribution >= 0.6 is 23.1 Å². The summed E-state index contributed by atoms with van der Waals surface area (Å²) in [7, 11) is 0. The van der Waals surface area contributed by atoms with Crippen molar-refractivity contribution in [1.29, 1.82) is 0 Å². The highest BCUT2D eigenvalue weighted by atomic mass is 32.2. The quantitative estimate of drug-likeness (QED) is 0.842. The molecule has 2 rings (SSSR count). The third-order valence-electron chi connectivity index (χ3n) is 2.32. The van der Waals surface area contributed by atoms with E-state index in [0.29, 0.717) is 5.13 Å². The zero-order chi connectivity index (χ0) is 13.8.